The normalized spacial score (nSPS) is 17.3. The van der Waals surface area contributed by atoms with Gasteiger partial charge in [0.15, 0.2) is 12.2 Å². The molecule has 3 aliphatic rings. The highest BCUT2D eigenvalue weighted by molar-refractivity contribution is 5.78. The number of hydrogen-bond donors (Lipinski definition) is 0. The van der Waals surface area contributed by atoms with Crippen LogP contribution >= 0.6 is 0 Å². The molecule has 0 heterocycles. The van der Waals surface area contributed by atoms with Gasteiger partial charge in [-0.1, -0.05) is 109 Å². The van der Waals surface area contributed by atoms with Gasteiger partial charge in [0.25, 0.3) is 0 Å². The van der Waals surface area contributed by atoms with Crippen LogP contribution in [0.25, 0.3) is 0 Å². The third-order valence-electron chi connectivity index (χ3n) is 12.4. The molecule has 0 radical (unpaired) electrons. The second-order valence-corrected chi connectivity index (χ2v) is 17.5. The van der Waals surface area contributed by atoms with Crippen LogP contribution in [0.4, 0.5) is 0 Å². The number of Topliss-reactive ketones (excluding diaryl/α,β-unsaturated/α-hetero) is 1. The maximum atomic E-state index is 12.8. The van der Waals surface area contributed by atoms with Gasteiger partial charge in [-0.2, -0.15) is 0 Å². The van der Waals surface area contributed by atoms with E-state index in [0.29, 0.717) is 88.4 Å². The smallest absolute Gasteiger partial charge is 0.306 e. The van der Waals surface area contributed by atoms with E-state index in [9.17, 15) is 28.8 Å². The van der Waals surface area contributed by atoms with Crippen LogP contribution in [0.1, 0.15) is 199 Å². The molecule has 0 aromatic rings. The number of unbranched alkanes of at least 4 members (excludes halogenated alkanes) is 4. The van der Waals surface area contributed by atoms with E-state index in [4.69, 9.17) is 28.4 Å². The van der Waals surface area contributed by atoms with Crippen LogP contribution in [0.2, 0.25) is 0 Å². The highest BCUT2D eigenvalue weighted by Gasteiger charge is 2.23. The van der Waals surface area contributed by atoms with Gasteiger partial charge in [-0.25, -0.2) is 0 Å². The molecule has 3 aliphatic carbocycles. The molecule has 0 bridgehead atoms. The van der Waals surface area contributed by atoms with E-state index in [1.54, 1.807) is 0 Å². The van der Waals surface area contributed by atoms with Crippen molar-refractivity contribution in [2.75, 3.05) is 33.5 Å². The lowest BCUT2D eigenvalue weighted by atomic mass is 9.86. The van der Waals surface area contributed by atoms with Crippen molar-refractivity contribution in [3.63, 3.8) is 0 Å². The maximum Gasteiger partial charge on any atom is 0.306 e. The molecule has 3 fully saturated rings. The van der Waals surface area contributed by atoms with Crippen molar-refractivity contribution < 1.29 is 57.2 Å². The zero-order valence-electron chi connectivity index (χ0n) is 36.5. The third kappa shape index (κ3) is 25.4. The lowest BCUT2D eigenvalue weighted by Crippen LogP contribution is -2.31. The summed E-state index contributed by atoms with van der Waals surface area (Å²) in [5, 5.41) is 0. The Labute approximate surface area is 354 Å². The van der Waals surface area contributed by atoms with Crippen molar-refractivity contribution in [1.82, 2.24) is 0 Å². The standard InChI is InChI=1S/C47H78O12/c1-54-33-41(34-55-43(49)30-27-37-17-7-2-8-18-37)58-46(52)25-15-5-13-23-40(48)24-14-6-16-26-47(53)59-42(35-56-44(50)31-28-38-19-9-3-10-20-38)36-57-45(51)32-29-39-21-11-4-12-22-39/h37-39,41-42H,2-36H2,1H3. The number of ketones is 1. The molecule has 0 spiro atoms. The number of ether oxygens (including phenoxy) is 6. The fraction of sp³-hybridized carbons (Fsp3) is 0.872. The van der Waals surface area contributed by atoms with E-state index < -0.39 is 18.2 Å². The summed E-state index contributed by atoms with van der Waals surface area (Å²) >= 11 is 0. The molecule has 1 unspecified atom stereocenters. The van der Waals surface area contributed by atoms with Crippen LogP contribution in [0.5, 0.6) is 0 Å². The van der Waals surface area contributed by atoms with Gasteiger partial charge < -0.3 is 28.4 Å². The van der Waals surface area contributed by atoms with Gasteiger partial charge in [0.05, 0.1) is 6.61 Å². The highest BCUT2D eigenvalue weighted by Crippen LogP contribution is 2.29. The molecule has 1 atom stereocenters. The van der Waals surface area contributed by atoms with Crippen molar-refractivity contribution in [1.29, 1.82) is 0 Å². The number of carbonyl (C=O) groups excluding carboxylic acids is 6. The summed E-state index contributed by atoms with van der Waals surface area (Å²) in [6.45, 7) is -0.167. The van der Waals surface area contributed by atoms with E-state index >= 15 is 0 Å². The average Bonchev–Trinajstić information content (AvgIpc) is 3.25. The average molecular weight is 835 g/mol. The lowest BCUT2D eigenvalue weighted by molar-refractivity contribution is -0.167. The van der Waals surface area contributed by atoms with Crippen molar-refractivity contribution in [3.8, 4) is 0 Å². The van der Waals surface area contributed by atoms with Gasteiger partial charge in [-0.3, -0.25) is 28.8 Å². The monoisotopic (exact) mass is 835 g/mol. The first-order valence-electron chi connectivity index (χ1n) is 23.6. The first kappa shape index (κ1) is 50.3. The van der Waals surface area contributed by atoms with Crippen LogP contribution in [-0.2, 0) is 57.2 Å². The Morgan fingerprint density at radius 2 is 0.712 bits per heavy atom. The minimum Gasteiger partial charge on any atom is -0.462 e. The van der Waals surface area contributed by atoms with Crippen molar-refractivity contribution >= 4 is 35.6 Å². The van der Waals surface area contributed by atoms with Crippen molar-refractivity contribution in [2.24, 2.45) is 17.8 Å². The van der Waals surface area contributed by atoms with E-state index in [1.165, 1.54) is 77.7 Å². The van der Waals surface area contributed by atoms with Crippen LogP contribution < -0.4 is 0 Å². The summed E-state index contributed by atoms with van der Waals surface area (Å²) < 4.78 is 32.6. The van der Waals surface area contributed by atoms with Crippen LogP contribution in [0, 0.1) is 17.8 Å². The first-order chi connectivity index (χ1) is 28.7. The molecule has 59 heavy (non-hydrogen) atoms. The summed E-state index contributed by atoms with van der Waals surface area (Å²) in [6, 6.07) is 0. The molecular formula is C47H78O12. The summed E-state index contributed by atoms with van der Waals surface area (Å²) in [7, 11) is 1.51. The predicted octanol–water partition coefficient (Wildman–Crippen LogP) is 9.64. The van der Waals surface area contributed by atoms with Gasteiger partial charge in [0.2, 0.25) is 0 Å². The molecule has 0 aromatic heterocycles. The molecule has 338 valence electrons. The van der Waals surface area contributed by atoms with Gasteiger partial charge in [-0.05, 0) is 62.7 Å². The summed E-state index contributed by atoms with van der Waals surface area (Å²) in [5.41, 5.74) is 0. The quantitative estimate of drug-likeness (QED) is 0.0371. The Balaban J connectivity index is 1.23. The SMILES string of the molecule is COCC(COC(=O)CCC1CCCCC1)OC(=O)CCCCCC(=O)CCCCCC(=O)OC(COC(=O)CCC1CCCCC1)COC(=O)CCC1CCCCC1. The van der Waals surface area contributed by atoms with Crippen LogP contribution in [-0.4, -0.2) is 81.4 Å². The van der Waals surface area contributed by atoms with E-state index in [0.717, 1.165) is 44.9 Å². The zero-order chi connectivity index (χ0) is 42.3. The number of esters is 5. The van der Waals surface area contributed by atoms with E-state index in [-0.39, 0.29) is 68.9 Å². The number of carbonyl (C=O) groups is 6. The minimum atomic E-state index is -0.861. The fourth-order valence-electron chi connectivity index (χ4n) is 8.74. The van der Waals surface area contributed by atoms with Crippen molar-refractivity contribution in [2.45, 2.75) is 211 Å². The summed E-state index contributed by atoms with van der Waals surface area (Å²) in [6.07, 6.45) is 25.1. The van der Waals surface area contributed by atoms with Crippen LogP contribution in [0.3, 0.4) is 0 Å². The third-order valence-corrected chi connectivity index (χ3v) is 12.4. The fourth-order valence-corrected chi connectivity index (χ4v) is 8.74. The molecule has 12 nitrogen and oxygen atoms in total. The van der Waals surface area contributed by atoms with Crippen molar-refractivity contribution in [3.05, 3.63) is 0 Å². The minimum absolute atomic E-state index is 0.0197. The van der Waals surface area contributed by atoms with Crippen LogP contribution in [0.15, 0.2) is 0 Å². The maximum absolute atomic E-state index is 12.8. The Bertz CT molecular complexity index is 1160. The molecule has 3 saturated carbocycles. The largest absolute Gasteiger partial charge is 0.462 e. The van der Waals surface area contributed by atoms with E-state index in [2.05, 4.69) is 0 Å². The summed E-state index contributed by atoms with van der Waals surface area (Å²) in [4.78, 5) is 74.9. The molecule has 0 aromatic carbocycles. The number of methoxy groups -OCH3 is 1. The van der Waals surface area contributed by atoms with Gasteiger partial charge in [-0.15, -0.1) is 0 Å². The molecule has 0 amide bonds. The van der Waals surface area contributed by atoms with Gasteiger partial charge >= 0.3 is 29.8 Å². The summed E-state index contributed by atoms with van der Waals surface area (Å²) in [5.74, 6) is 0.115. The molecule has 3 rings (SSSR count). The topological polar surface area (TPSA) is 158 Å². The van der Waals surface area contributed by atoms with Gasteiger partial charge in [0, 0.05) is 52.1 Å². The number of hydrogen-bond acceptors (Lipinski definition) is 12. The molecule has 0 saturated heterocycles. The second kappa shape index (κ2) is 31.8. The zero-order valence-corrected chi connectivity index (χ0v) is 36.5. The lowest BCUT2D eigenvalue weighted by Gasteiger charge is -2.22. The number of rotatable bonds is 31. The Hall–Kier alpha value is -3.02. The predicted molar refractivity (Wildman–Crippen MR) is 223 cm³/mol. The van der Waals surface area contributed by atoms with E-state index in [1.807, 2.05) is 0 Å². The first-order valence-corrected chi connectivity index (χ1v) is 23.6. The van der Waals surface area contributed by atoms with Gasteiger partial charge in [0.1, 0.15) is 25.6 Å². The molecule has 0 N–H and O–H groups in total. The molecule has 12 heteroatoms. The Morgan fingerprint density at radius 1 is 0.390 bits per heavy atom. The molecular weight excluding hydrogens is 757 g/mol. The Kier molecular flexibility index (Phi) is 27.1. The highest BCUT2D eigenvalue weighted by atomic mass is 16.6. The Morgan fingerprint density at radius 3 is 1.05 bits per heavy atom. The molecule has 0 aliphatic heterocycles. The second-order valence-electron chi connectivity index (χ2n) is 17.5.